The average Bonchev–Trinajstić information content (AvgIpc) is 2.67. The number of anilines is 2. The first-order valence-electron chi connectivity index (χ1n) is 5.27. The highest BCUT2D eigenvalue weighted by Crippen LogP contribution is 2.26. The second-order valence-electron chi connectivity index (χ2n) is 3.95. The van der Waals surface area contributed by atoms with Crippen LogP contribution in [0.2, 0.25) is 0 Å². The topological polar surface area (TPSA) is 70.9 Å². The lowest BCUT2D eigenvalue weighted by Crippen LogP contribution is -2.11. The number of nitriles is 1. The predicted molar refractivity (Wildman–Crippen MR) is 67.0 cm³/mol. The van der Waals surface area contributed by atoms with Gasteiger partial charge in [0.1, 0.15) is 29.0 Å². The first kappa shape index (κ1) is 11.9. The third-order valence-electron chi connectivity index (χ3n) is 2.52. The van der Waals surface area contributed by atoms with Crippen molar-refractivity contribution < 1.29 is 4.39 Å². The molecule has 0 saturated carbocycles. The van der Waals surface area contributed by atoms with Crippen LogP contribution in [0.4, 0.5) is 16.0 Å². The number of hydrogen-bond donors (Lipinski definition) is 1. The molecule has 0 aliphatic carbocycles. The summed E-state index contributed by atoms with van der Waals surface area (Å²) in [5.41, 5.74) is 6.30. The Kier molecular flexibility index (Phi) is 2.90. The van der Waals surface area contributed by atoms with E-state index in [0.717, 1.165) is 0 Å². The number of rotatable bonds is 2. The summed E-state index contributed by atoms with van der Waals surface area (Å²) < 4.78 is 14.9. The molecule has 0 radical (unpaired) electrons. The smallest absolute Gasteiger partial charge is 0.170 e. The highest BCUT2D eigenvalue weighted by Gasteiger charge is 2.19. The van der Waals surface area contributed by atoms with E-state index in [2.05, 4.69) is 5.10 Å². The van der Waals surface area contributed by atoms with E-state index in [1.807, 2.05) is 6.07 Å². The van der Waals surface area contributed by atoms with Gasteiger partial charge in [-0.15, -0.1) is 5.10 Å². The minimum absolute atomic E-state index is 0.131. The zero-order valence-electron chi connectivity index (χ0n) is 10.1. The summed E-state index contributed by atoms with van der Waals surface area (Å²) in [6.07, 6.45) is 0. The average molecular weight is 245 g/mol. The number of nitrogens with two attached hydrogens (primary N) is 1. The van der Waals surface area contributed by atoms with E-state index >= 15 is 0 Å². The Morgan fingerprint density at radius 3 is 2.56 bits per heavy atom. The molecular formula is C12H12FN5. The molecule has 0 unspecified atom stereocenters. The largest absolute Gasteiger partial charge is 0.382 e. The minimum atomic E-state index is -0.443. The Bertz CT molecular complexity index is 624. The van der Waals surface area contributed by atoms with Crippen LogP contribution in [0.3, 0.4) is 0 Å². The molecule has 6 heteroatoms. The van der Waals surface area contributed by atoms with E-state index < -0.39 is 5.82 Å². The Labute approximate surface area is 104 Å². The molecule has 18 heavy (non-hydrogen) atoms. The summed E-state index contributed by atoms with van der Waals surface area (Å²) in [5, 5.41) is 13.2. The fraction of sp³-hybridized carbons (Fsp3) is 0.167. The summed E-state index contributed by atoms with van der Waals surface area (Å²) in [5.74, 6) is 0.103. The predicted octanol–water partition coefficient (Wildman–Crippen LogP) is 1.53. The summed E-state index contributed by atoms with van der Waals surface area (Å²) in [4.78, 5) is 1.66. The summed E-state index contributed by atoms with van der Waals surface area (Å²) in [6, 6.07) is 8.12. The van der Waals surface area contributed by atoms with Crippen molar-refractivity contribution in [1.29, 1.82) is 5.26 Å². The second kappa shape index (κ2) is 4.37. The van der Waals surface area contributed by atoms with E-state index in [1.165, 1.54) is 10.7 Å². The molecule has 2 rings (SSSR count). The van der Waals surface area contributed by atoms with Crippen molar-refractivity contribution in [1.82, 2.24) is 9.78 Å². The van der Waals surface area contributed by atoms with Gasteiger partial charge in [0, 0.05) is 14.1 Å². The van der Waals surface area contributed by atoms with E-state index in [9.17, 15) is 4.39 Å². The fourth-order valence-corrected chi connectivity index (χ4v) is 1.65. The zero-order valence-corrected chi connectivity index (χ0v) is 10.1. The fourth-order valence-electron chi connectivity index (χ4n) is 1.65. The number of aromatic nitrogens is 2. The maximum absolute atomic E-state index is 13.7. The van der Waals surface area contributed by atoms with Crippen molar-refractivity contribution in [2.24, 2.45) is 0 Å². The summed E-state index contributed by atoms with van der Waals surface area (Å²) in [6.45, 7) is 0. The van der Waals surface area contributed by atoms with Gasteiger partial charge in [0.15, 0.2) is 5.82 Å². The van der Waals surface area contributed by atoms with Crippen molar-refractivity contribution in [2.75, 3.05) is 24.7 Å². The zero-order chi connectivity index (χ0) is 13.3. The van der Waals surface area contributed by atoms with Crippen LogP contribution in [-0.2, 0) is 0 Å². The molecule has 0 saturated heterocycles. The Balaban J connectivity index is 2.68. The molecule has 0 aliphatic rings. The summed E-state index contributed by atoms with van der Waals surface area (Å²) in [7, 11) is 3.49. The van der Waals surface area contributed by atoms with Gasteiger partial charge in [-0.3, -0.25) is 0 Å². The highest BCUT2D eigenvalue weighted by atomic mass is 19.1. The van der Waals surface area contributed by atoms with Crippen LogP contribution in [0.25, 0.3) is 5.69 Å². The van der Waals surface area contributed by atoms with Crippen molar-refractivity contribution in [3.63, 3.8) is 0 Å². The molecule has 92 valence electrons. The lowest BCUT2D eigenvalue weighted by molar-refractivity contribution is 0.612. The van der Waals surface area contributed by atoms with E-state index in [1.54, 1.807) is 37.2 Å². The van der Waals surface area contributed by atoms with Crippen LogP contribution in [0.5, 0.6) is 0 Å². The van der Waals surface area contributed by atoms with Crippen LogP contribution in [0.15, 0.2) is 24.3 Å². The van der Waals surface area contributed by atoms with Gasteiger partial charge >= 0.3 is 0 Å². The normalized spacial score (nSPS) is 10.1. The molecule has 2 aromatic rings. The summed E-state index contributed by atoms with van der Waals surface area (Å²) >= 11 is 0. The van der Waals surface area contributed by atoms with Gasteiger partial charge in [-0.25, -0.2) is 9.07 Å². The number of hydrogen-bond acceptors (Lipinski definition) is 4. The van der Waals surface area contributed by atoms with Gasteiger partial charge < -0.3 is 10.6 Å². The molecule has 1 aromatic heterocycles. The molecule has 1 heterocycles. The van der Waals surface area contributed by atoms with Crippen LogP contribution < -0.4 is 10.6 Å². The molecule has 0 spiro atoms. The Hall–Kier alpha value is -2.55. The second-order valence-corrected chi connectivity index (χ2v) is 3.95. The molecule has 0 aliphatic heterocycles. The van der Waals surface area contributed by atoms with Crippen molar-refractivity contribution in [2.45, 2.75) is 0 Å². The molecule has 2 N–H and O–H groups in total. The number of benzene rings is 1. The van der Waals surface area contributed by atoms with Crippen molar-refractivity contribution >= 4 is 11.6 Å². The third-order valence-corrected chi connectivity index (χ3v) is 2.52. The van der Waals surface area contributed by atoms with E-state index in [-0.39, 0.29) is 17.1 Å². The number of halogens is 1. The van der Waals surface area contributed by atoms with Crippen LogP contribution in [0, 0.1) is 17.1 Å². The van der Waals surface area contributed by atoms with Gasteiger partial charge in [-0.2, -0.15) is 5.26 Å². The number of nitrogen functional groups attached to an aromatic ring is 1. The Morgan fingerprint density at radius 2 is 2.06 bits per heavy atom. The van der Waals surface area contributed by atoms with Crippen LogP contribution in [-0.4, -0.2) is 23.9 Å². The molecule has 0 fully saturated rings. The number of para-hydroxylation sites is 1. The van der Waals surface area contributed by atoms with Gasteiger partial charge in [-0.05, 0) is 12.1 Å². The lowest BCUT2D eigenvalue weighted by Gasteiger charge is -2.07. The van der Waals surface area contributed by atoms with Gasteiger partial charge in [-0.1, -0.05) is 12.1 Å². The molecule has 0 atom stereocenters. The first-order chi connectivity index (χ1) is 8.56. The lowest BCUT2D eigenvalue weighted by atomic mass is 10.3. The maximum Gasteiger partial charge on any atom is 0.170 e. The van der Waals surface area contributed by atoms with Gasteiger partial charge in [0.25, 0.3) is 0 Å². The highest BCUT2D eigenvalue weighted by molar-refractivity contribution is 5.66. The van der Waals surface area contributed by atoms with E-state index in [4.69, 9.17) is 11.0 Å². The molecule has 0 amide bonds. The molecular weight excluding hydrogens is 233 g/mol. The first-order valence-corrected chi connectivity index (χ1v) is 5.27. The SMILES string of the molecule is CN(C)c1nn(-c2ccccc2F)c(N)c1C#N. The number of nitrogens with zero attached hydrogens (tertiary/aromatic N) is 4. The molecule has 0 bridgehead atoms. The van der Waals surface area contributed by atoms with Crippen LogP contribution >= 0.6 is 0 Å². The Morgan fingerprint density at radius 1 is 1.39 bits per heavy atom. The molecule has 5 nitrogen and oxygen atoms in total. The van der Waals surface area contributed by atoms with Gasteiger partial charge in [0.05, 0.1) is 0 Å². The van der Waals surface area contributed by atoms with Crippen molar-refractivity contribution in [3.05, 3.63) is 35.6 Å². The maximum atomic E-state index is 13.7. The third kappa shape index (κ3) is 1.76. The van der Waals surface area contributed by atoms with Gasteiger partial charge in [0.2, 0.25) is 0 Å². The standard InChI is InChI=1S/C12H12FN5/c1-17(2)12-8(7-14)11(15)18(16-12)10-6-4-3-5-9(10)13/h3-6H,15H2,1-2H3. The van der Waals surface area contributed by atoms with Crippen LogP contribution in [0.1, 0.15) is 5.56 Å². The quantitative estimate of drug-likeness (QED) is 0.871. The van der Waals surface area contributed by atoms with E-state index in [0.29, 0.717) is 5.82 Å². The minimum Gasteiger partial charge on any atom is -0.382 e. The molecule has 1 aromatic carbocycles. The monoisotopic (exact) mass is 245 g/mol. The van der Waals surface area contributed by atoms with Crippen molar-refractivity contribution in [3.8, 4) is 11.8 Å².